The van der Waals surface area contributed by atoms with Crippen molar-refractivity contribution in [1.82, 2.24) is 15.1 Å². The van der Waals surface area contributed by atoms with Crippen molar-refractivity contribution >= 4 is 23.2 Å². The van der Waals surface area contributed by atoms with Gasteiger partial charge >= 0.3 is 0 Å². The quantitative estimate of drug-likeness (QED) is 0.653. The fourth-order valence-corrected chi connectivity index (χ4v) is 3.90. The Balaban J connectivity index is 1.73. The maximum Gasteiger partial charge on any atom is 0.259 e. The number of anilines is 1. The highest BCUT2D eigenvalue weighted by atomic mass is 35.5. The molecule has 1 aromatic heterocycles. The smallest absolute Gasteiger partial charge is 0.259 e. The third-order valence-electron chi connectivity index (χ3n) is 5.30. The summed E-state index contributed by atoms with van der Waals surface area (Å²) in [6.07, 6.45) is 3.41. The van der Waals surface area contributed by atoms with Gasteiger partial charge in [0.25, 0.3) is 5.91 Å². The molecule has 0 atom stereocenters. The molecule has 29 heavy (non-hydrogen) atoms. The molecule has 150 valence electrons. The molecule has 2 heterocycles. The number of rotatable bonds is 4. The second-order valence-corrected chi connectivity index (χ2v) is 7.71. The molecule has 0 saturated carbocycles. The topological polar surface area (TPSA) is 59.0 Å². The predicted molar refractivity (Wildman–Crippen MR) is 113 cm³/mol. The number of carbonyl (C=O) groups is 1. The van der Waals surface area contributed by atoms with E-state index in [1.54, 1.807) is 35.1 Å². The monoisotopic (exact) mass is 412 g/mol. The summed E-state index contributed by atoms with van der Waals surface area (Å²) in [7, 11) is 0. The van der Waals surface area contributed by atoms with E-state index in [1.165, 1.54) is 12.1 Å². The van der Waals surface area contributed by atoms with Crippen molar-refractivity contribution in [2.24, 2.45) is 0 Å². The van der Waals surface area contributed by atoms with Crippen molar-refractivity contribution in [3.8, 4) is 5.69 Å². The number of aromatic nitrogens is 2. The van der Waals surface area contributed by atoms with Gasteiger partial charge in [-0.25, -0.2) is 9.07 Å². The third-order valence-corrected chi connectivity index (χ3v) is 5.53. The number of benzene rings is 2. The van der Waals surface area contributed by atoms with Crippen LogP contribution in [0.5, 0.6) is 0 Å². The summed E-state index contributed by atoms with van der Waals surface area (Å²) in [6.45, 7) is 3.68. The van der Waals surface area contributed by atoms with E-state index in [1.807, 2.05) is 13.0 Å². The standard InChI is InChI=1S/C22H22ClFN4O/c1-14-2-3-16(23)12-20(14)27-22(29)19-13-26-28(18-6-4-17(24)5-7-18)21(19)15-8-10-25-11-9-15/h2-7,12-13,15,25H,8-11H2,1H3,(H,27,29). The number of hydrogen-bond acceptors (Lipinski definition) is 3. The summed E-state index contributed by atoms with van der Waals surface area (Å²) in [4.78, 5) is 13.2. The summed E-state index contributed by atoms with van der Waals surface area (Å²) in [6, 6.07) is 11.6. The maximum atomic E-state index is 13.4. The number of piperidine rings is 1. The van der Waals surface area contributed by atoms with Crippen molar-refractivity contribution in [2.75, 3.05) is 18.4 Å². The SMILES string of the molecule is Cc1ccc(Cl)cc1NC(=O)c1cnn(-c2ccc(F)cc2)c1C1CCNCC1. The van der Waals surface area contributed by atoms with E-state index in [0.29, 0.717) is 16.3 Å². The molecule has 7 heteroatoms. The van der Waals surface area contributed by atoms with Crippen LogP contribution in [0.15, 0.2) is 48.7 Å². The van der Waals surface area contributed by atoms with Gasteiger partial charge in [-0.05, 0) is 74.8 Å². The Hall–Kier alpha value is -2.70. The normalized spacial score (nSPS) is 14.7. The number of nitrogens with zero attached hydrogens (tertiary/aromatic N) is 2. The number of halogens is 2. The average Bonchev–Trinajstić information content (AvgIpc) is 3.17. The van der Waals surface area contributed by atoms with Gasteiger partial charge in [0.2, 0.25) is 0 Å². The Bertz CT molecular complexity index is 1030. The van der Waals surface area contributed by atoms with Gasteiger partial charge in [0, 0.05) is 16.6 Å². The molecule has 2 aromatic carbocycles. The molecule has 5 nitrogen and oxygen atoms in total. The van der Waals surface area contributed by atoms with Crippen LogP contribution in [0, 0.1) is 12.7 Å². The van der Waals surface area contributed by atoms with E-state index in [-0.39, 0.29) is 17.6 Å². The van der Waals surface area contributed by atoms with Crippen molar-refractivity contribution < 1.29 is 9.18 Å². The molecule has 1 aliphatic rings. The first-order valence-corrected chi connectivity index (χ1v) is 10.0. The van der Waals surface area contributed by atoms with Crippen LogP contribution in [0.2, 0.25) is 5.02 Å². The van der Waals surface area contributed by atoms with Crippen molar-refractivity contribution in [2.45, 2.75) is 25.7 Å². The molecule has 0 radical (unpaired) electrons. The van der Waals surface area contributed by atoms with E-state index < -0.39 is 0 Å². The third kappa shape index (κ3) is 4.18. The average molecular weight is 413 g/mol. The van der Waals surface area contributed by atoms with Crippen LogP contribution in [0.25, 0.3) is 5.69 Å². The number of hydrogen-bond donors (Lipinski definition) is 2. The lowest BCUT2D eigenvalue weighted by molar-refractivity contribution is 0.102. The highest BCUT2D eigenvalue weighted by Crippen LogP contribution is 2.31. The fraction of sp³-hybridized carbons (Fsp3) is 0.273. The van der Waals surface area contributed by atoms with Gasteiger partial charge in [0.1, 0.15) is 5.82 Å². The molecule has 3 aromatic rings. The van der Waals surface area contributed by atoms with Crippen LogP contribution >= 0.6 is 11.6 Å². The Morgan fingerprint density at radius 3 is 2.66 bits per heavy atom. The highest BCUT2D eigenvalue weighted by molar-refractivity contribution is 6.31. The molecule has 0 bridgehead atoms. The Labute approximate surface area is 173 Å². The van der Waals surface area contributed by atoms with E-state index in [2.05, 4.69) is 15.7 Å². The fourth-order valence-electron chi connectivity index (χ4n) is 3.73. The lowest BCUT2D eigenvalue weighted by Gasteiger charge is -2.24. The molecular weight excluding hydrogens is 391 g/mol. The molecular formula is C22H22ClFN4O. The molecule has 1 saturated heterocycles. The summed E-state index contributed by atoms with van der Waals surface area (Å²) in [5.41, 5.74) is 3.72. The Morgan fingerprint density at radius 2 is 1.93 bits per heavy atom. The molecule has 1 fully saturated rings. The van der Waals surface area contributed by atoms with Crippen molar-refractivity contribution in [1.29, 1.82) is 0 Å². The van der Waals surface area contributed by atoms with Crippen LogP contribution in [0.3, 0.4) is 0 Å². The first-order valence-electron chi connectivity index (χ1n) is 9.65. The zero-order valence-corrected chi connectivity index (χ0v) is 16.8. The number of carbonyl (C=O) groups excluding carboxylic acids is 1. The summed E-state index contributed by atoms with van der Waals surface area (Å²) in [5, 5.41) is 11.4. The van der Waals surface area contributed by atoms with Gasteiger partial charge in [-0.1, -0.05) is 17.7 Å². The van der Waals surface area contributed by atoms with Crippen LogP contribution in [-0.2, 0) is 0 Å². The lowest BCUT2D eigenvalue weighted by atomic mass is 9.91. The van der Waals surface area contributed by atoms with Gasteiger partial charge < -0.3 is 10.6 Å². The first kappa shape index (κ1) is 19.6. The zero-order valence-electron chi connectivity index (χ0n) is 16.1. The second-order valence-electron chi connectivity index (χ2n) is 7.27. The van der Waals surface area contributed by atoms with Crippen LogP contribution in [0.4, 0.5) is 10.1 Å². The summed E-state index contributed by atoms with van der Waals surface area (Å²) < 4.78 is 15.1. The molecule has 0 unspecified atom stereocenters. The Kier molecular flexibility index (Phi) is 5.65. The molecule has 4 rings (SSSR count). The lowest BCUT2D eigenvalue weighted by Crippen LogP contribution is -2.29. The van der Waals surface area contributed by atoms with Gasteiger partial charge in [-0.3, -0.25) is 4.79 Å². The maximum absolute atomic E-state index is 13.4. The van der Waals surface area contributed by atoms with E-state index >= 15 is 0 Å². The van der Waals surface area contributed by atoms with Crippen molar-refractivity contribution in [3.05, 3.63) is 76.3 Å². The van der Waals surface area contributed by atoms with Crippen molar-refractivity contribution in [3.63, 3.8) is 0 Å². The van der Waals surface area contributed by atoms with Gasteiger partial charge in [-0.2, -0.15) is 5.10 Å². The number of nitrogens with one attached hydrogen (secondary N) is 2. The molecule has 2 N–H and O–H groups in total. The zero-order chi connectivity index (χ0) is 20.4. The predicted octanol–water partition coefficient (Wildman–Crippen LogP) is 4.69. The molecule has 1 amide bonds. The molecule has 0 aliphatic carbocycles. The number of aryl methyl sites for hydroxylation is 1. The minimum atomic E-state index is -0.307. The number of amides is 1. The van der Waals surface area contributed by atoms with Gasteiger partial charge in [0.05, 0.1) is 23.1 Å². The van der Waals surface area contributed by atoms with Crippen LogP contribution in [-0.4, -0.2) is 28.8 Å². The largest absolute Gasteiger partial charge is 0.322 e. The van der Waals surface area contributed by atoms with E-state index in [4.69, 9.17) is 11.6 Å². The highest BCUT2D eigenvalue weighted by Gasteiger charge is 2.27. The summed E-state index contributed by atoms with van der Waals surface area (Å²) >= 11 is 6.09. The van der Waals surface area contributed by atoms with Gasteiger partial charge in [-0.15, -0.1) is 0 Å². The minimum absolute atomic E-state index is 0.185. The van der Waals surface area contributed by atoms with Crippen LogP contribution < -0.4 is 10.6 Å². The molecule has 1 aliphatic heterocycles. The summed E-state index contributed by atoms with van der Waals surface area (Å²) in [5.74, 6) is -0.346. The van der Waals surface area contributed by atoms with E-state index in [0.717, 1.165) is 42.9 Å². The first-order chi connectivity index (χ1) is 14.0. The van der Waals surface area contributed by atoms with E-state index in [9.17, 15) is 9.18 Å². The Morgan fingerprint density at radius 1 is 1.21 bits per heavy atom. The minimum Gasteiger partial charge on any atom is -0.322 e. The van der Waals surface area contributed by atoms with Gasteiger partial charge in [0.15, 0.2) is 0 Å². The second kappa shape index (κ2) is 8.35. The van der Waals surface area contributed by atoms with Crippen LogP contribution in [0.1, 0.15) is 40.4 Å². The molecule has 0 spiro atoms.